The van der Waals surface area contributed by atoms with E-state index in [0.717, 1.165) is 55.4 Å². The fraction of sp³-hybridized carbons (Fsp3) is 0.350. The maximum Gasteiger partial charge on any atom is 0.256 e. The number of hydrogen-bond donors (Lipinski definition) is 2. The van der Waals surface area contributed by atoms with Gasteiger partial charge in [-0.3, -0.25) is 9.69 Å². The van der Waals surface area contributed by atoms with Crippen LogP contribution >= 0.6 is 0 Å². The van der Waals surface area contributed by atoms with Crippen LogP contribution in [0, 0.1) is 0 Å². The summed E-state index contributed by atoms with van der Waals surface area (Å²) in [5.41, 5.74) is 5.28. The fourth-order valence-corrected chi connectivity index (χ4v) is 3.52. The molecular formula is C20H23N3O3. The van der Waals surface area contributed by atoms with E-state index in [0.29, 0.717) is 5.57 Å². The summed E-state index contributed by atoms with van der Waals surface area (Å²) in [7, 11) is 1.99. The number of aromatic nitrogens is 1. The fourth-order valence-electron chi connectivity index (χ4n) is 3.52. The highest BCUT2D eigenvalue weighted by molar-refractivity contribution is 6.34. The van der Waals surface area contributed by atoms with Crippen molar-refractivity contribution in [1.29, 1.82) is 0 Å². The van der Waals surface area contributed by atoms with Gasteiger partial charge in [-0.15, -0.1) is 0 Å². The first-order valence-electron chi connectivity index (χ1n) is 8.86. The lowest BCUT2D eigenvalue weighted by molar-refractivity contribution is -0.110. The molecule has 26 heavy (non-hydrogen) atoms. The van der Waals surface area contributed by atoms with Crippen molar-refractivity contribution in [3.63, 3.8) is 0 Å². The van der Waals surface area contributed by atoms with E-state index in [-0.39, 0.29) is 12.5 Å². The first-order chi connectivity index (χ1) is 12.6. The lowest BCUT2D eigenvalue weighted by Gasteiger charge is -2.26. The van der Waals surface area contributed by atoms with E-state index in [2.05, 4.69) is 22.5 Å². The molecule has 0 atom stereocenters. The van der Waals surface area contributed by atoms with Crippen LogP contribution in [0.25, 0.3) is 11.6 Å². The van der Waals surface area contributed by atoms with Gasteiger partial charge in [0.2, 0.25) is 0 Å². The third kappa shape index (κ3) is 3.31. The minimum absolute atomic E-state index is 0.0391. The zero-order valence-corrected chi connectivity index (χ0v) is 14.9. The Hall–Kier alpha value is -2.41. The van der Waals surface area contributed by atoms with Crippen LogP contribution in [0.5, 0.6) is 0 Å². The number of ether oxygens (including phenoxy) is 1. The Balaban J connectivity index is 1.61. The summed E-state index contributed by atoms with van der Waals surface area (Å²) in [5.74, 6) is -0.106. The normalized spacial score (nSPS) is 19.0. The van der Waals surface area contributed by atoms with Crippen LogP contribution < -0.4 is 5.32 Å². The van der Waals surface area contributed by atoms with Gasteiger partial charge < -0.3 is 19.7 Å². The molecule has 1 fully saturated rings. The summed E-state index contributed by atoms with van der Waals surface area (Å²) in [6.45, 7) is 4.32. The van der Waals surface area contributed by atoms with Crippen LogP contribution in [0.1, 0.15) is 22.4 Å². The number of aryl methyl sites for hydroxylation is 1. The number of nitrogens with one attached hydrogen (secondary N) is 1. The van der Waals surface area contributed by atoms with Crippen molar-refractivity contribution in [3.05, 3.63) is 52.8 Å². The summed E-state index contributed by atoms with van der Waals surface area (Å²) in [4.78, 5) is 14.8. The monoisotopic (exact) mass is 353 g/mol. The molecule has 6 nitrogen and oxygen atoms in total. The van der Waals surface area contributed by atoms with Crippen LogP contribution in [0.15, 0.2) is 30.5 Å². The number of aliphatic hydroxyl groups is 1. The van der Waals surface area contributed by atoms with Crippen LogP contribution in [0.4, 0.5) is 5.69 Å². The Morgan fingerprint density at radius 1 is 1.23 bits per heavy atom. The molecule has 4 rings (SSSR count). The van der Waals surface area contributed by atoms with E-state index in [1.54, 1.807) is 0 Å². The number of carbonyl (C=O) groups excluding carboxylic acids is 1. The highest BCUT2D eigenvalue weighted by atomic mass is 16.5. The summed E-state index contributed by atoms with van der Waals surface area (Å²) >= 11 is 0. The number of nitrogens with zero attached hydrogens (tertiary/aromatic N) is 2. The van der Waals surface area contributed by atoms with Crippen LogP contribution in [-0.2, 0) is 29.7 Å². The molecule has 136 valence electrons. The van der Waals surface area contributed by atoms with E-state index < -0.39 is 0 Å². The minimum atomic E-state index is -0.106. The van der Waals surface area contributed by atoms with Gasteiger partial charge in [-0.25, -0.2) is 0 Å². The molecule has 6 heteroatoms. The average Bonchev–Trinajstić information content (AvgIpc) is 3.15. The molecule has 2 aromatic rings. The van der Waals surface area contributed by atoms with Gasteiger partial charge in [0, 0.05) is 49.8 Å². The molecule has 2 N–H and O–H groups in total. The molecule has 0 unspecified atom stereocenters. The Kier molecular flexibility index (Phi) is 4.63. The number of carbonyl (C=O) groups is 1. The Labute approximate surface area is 152 Å². The van der Waals surface area contributed by atoms with Crippen molar-refractivity contribution >= 4 is 23.2 Å². The van der Waals surface area contributed by atoms with E-state index in [9.17, 15) is 9.90 Å². The SMILES string of the molecule is Cn1cc(CN2CCOCC2)cc1/C=C1\C(=O)Nc2ccc(CO)cc21. The highest BCUT2D eigenvalue weighted by Crippen LogP contribution is 2.34. The maximum atomic E-state index is 12.4. The van der Waals surface area contributed by atoms with Gasteiger partial charge in [-0.2, -0.15) is 0 Å². The topological polar surface area (TPSA) is 66.7 Å². The third-order valence-corrected chi connectivity index (χ3v) is 4.95. The number of anilines is 1. The number of fused-ring (bicyclic) bond motifs is 1. The smallest absolute Gasteiger partial charge is 0.256 e. The molecule has 2 aliphatic rings. The molecule has 1 aromatic carbocycles. The second-order valence-corrected chi connectivity index (χ2v) is 6.82. The van der Waals surface area contributed by atoms with Crippen molar-refractivity contribution < 1.29 is 14.6 Å². The molecule has 1 saturated heterocycles. The van der Waals surface area contributed by atoms with Gasteiger partial charge in [0.1, 0.15) is 0 Å². The molecule has 1 amide bonds. The second kappa shape index (κ2) is 7.07. The van der Waals surface area contributed by atoms with Crippen molar-refractivity contribution in [3.8, 4) is 0 Å². The molecule has 1 aromatic heterocycles. The molecule has 0 radical (unpaired) electrons. The Bertz CT molecular complexity index is 863. The second-order valence-electron chi connectivity index (χ2n) is 6.82. The summed E-state index contributed by atoms with van der Waals surface area (Å²) in [6, 6.07) is 7.67. The molecule has 3 heterocycles. The predicted octanol–water partition coefficient (Wildman–Crippen LogP) is 1.84. The van der Waals surface area contributed by atoms with Crippen LogP contribution in [0.2, 0.25) is 0 Å². The number of morpholine rings is 1. The van der Waals surface area contributed by atoms with Crippen molar-refractivity contribution in [2.24, 2.45) is 7.05 Å². The number of rotatable bonds is 4. The Morgan fingerprint density at radius 2 is 2.04 bits per heavy atom. The van der Waals surface area contributed by atoms with E-state index >= 15 is 0 Å². The highest BCUT2D eigenvalue weighted by Gasteiger charge is 2.24. The number of hydrogen-bond acceptors (Lipinski definition) is 4. The van der Waals surface area contributed by atoms with Crippen molar-refractivity contribution in [2.75, 3.05) is 31.6 Å². The first kappa shape index (κ1) is 17.0. The molecular weight excluding hydrogens is 330 g/mol. The number of benzene rings is 1. The summed E-state index contributed by atoms with van der Waals surface area (Å²) in [5, 5.41) is 12.3. The average molecular weight is 353 g/mol. The van der Waals surface area contributed by atoms with Gasteiger partial charge in [0.25, 0.3) is 5.91 Å². The predicted molar refractivity (Wildman–Crippen MR) is 100 cm³/mol. The molecule has 0 bridgehead atoms. The van der Waals surface area contributed by atoms with Gasteiger partial charge in [0.15, 0.2) is 0 Å². The largest absolute Gasteiger partial charge is 0.392 e. The zero-order valence-electron chi connectivity index (χ0n) is 14.9. The Morgan fingerprint density at radius 3 is 2.81 bits per heavy atom. The van der Waals surface area contributed by atoms with Crippen LogP contribution in [0.3, 0.4) is 0 Å². The maximum absolute atomic E-state index is 12.4. The van der Waals surface area contributed by atoms with Gasteiger partial charge >= 0.3 is 0 Å². The minimum Gasteiger partial charge on any atom is -0.392 e. The lowest BCUT2D eigenvalue weighted by Crippen LogP contribution is -2.35. The van der Waals surface area contributed by atoms with Crippen molar-refractivity contribution in [1.82, 2.24) is 9.47 Å². The van der Waals surface area contributed by atoms with Crippen LogP contribution in [-0.4, -0.2) is 46.8 Å². The lowest BCUT2D eigenvalue weighted by atomic mass is 10.0. The third-order valence-electron chi connectivity index (χ3n) is 4.95. The quantitative estimate of drug-likeness (QED) is 0.823. The zero-order chi connectivity index (χ0) is 18.1. The van der Waals surface area contributed by atoms with Gasteiger partial charge in [-0.05, 0) is 35.4 Å². The van der Waals surface area contributed by atoms with Crippen molar-refractivity contribution in [2.45, 2.75) is 13.2 Å². The molecule has 0 saturated carbocycles. The summed E-state index contributed by atoms with van der Waals surface area (Å²) in [6.07, 6.45) is 4.03. The molecule has 2 aliphatic heterocycles. The van der Waals surface area contributed by atoms with Gasteiger partial charge in [-0.1, -0.05) is 6.07 Å². The number of aliphatic hydroxyl groups excluding tert-OH is 1. The van der Waals surface area contributed by atoms with E-state index in [1.165, 1.54) is 5.56 Å². The molecule has 0 spiro atoms. The van der Waals surface area contributed by atoms with E-state index in [4.69, 9.17) is 4.74 Å². The standard InChI is InChI=1S/C20H23N3O3/c1-22-11-15(12-23-4-6-26-7-5-23)8-16(22)10-18-17-9-14(13-24)2-3-19(17)21-20(18)25/h2-3,8-11,24H,4-7,12-13H2,1H3,(H,21,25)/b18-10-. The first-order valence-corrected chi connectivity index (χ1v) is 8.86. The van der Waals surface area contributed by atoms with Gasteiger partial charge in [0.05, 0.1) is 25.4 Å². The molecule has 0 aliphatic carbocycles. The van der Waals surface area contributed by atoms with E-state index in [1.807, 2.05) is 35.9 Å². The number of amides is 1. The summed E-state index contributed by atoms with van der Waals surface area (Å²) < 4.78 is 7.45.